The van der Waals surface area contributed by atoms with Crippen LogP contribution in [0.5, 0.6) is 0 Å². The fourth-order valence-corrected chi connectivity index (χ4v) is 1.31. The molecule has 0 saturated heterocycles. The highest BCUT2D eigenvalue weighted by Gasteiger charge is 1.95. The Morgan fingerprint density at radius 3 is 2.40 bits per heavy atom. The summed E-state index contributed by atoms with van der Waals surface area (Å²) >= 11 is 3.51. The van der Waals surface area contributed by atoms with Crippen LogP contribution < -0.4 is 0 Å². The Morgan fingerprint density at radius 2 is 1.90 bits per heavy atom. The summed E-state index contributed by atoms with van der Waals surface area (Å²) in [5, 5.41) is 0. The Morgan fingerprint density at radius 1 is 1.30 bits per heavy atom. The average molecular weight is 199 g/mol. The third kappa shape index (κ3) is 2.53. The summed E-state index contributed by atoms with van der Waals surface area (Å²) in [4.78, 5) is 0.579. The molecule has 10 heavy (non-hydrogen) atoms. The molecule has 0 saturated carbocycles. The lowest BCUT2D eigenvalue weighted by Crippen LogP contribution is -1.94. The Balaban J connectivity index is 2.59. The van der Waals surface area contributed by atoms with Gasteiger partial charge in [0.05, 0.1) is 0 Å². The predicted octanol–water partition coefficient (Wildman–Crippen LogP) is 3.01. The van der Waals surface area contributed by atoms with Gasteiger partial charge in [-0.25, -0.2) is 0 Å². The van der Waals surface area contributed by atoms with Gasteiger partial charge in [-0.1, -0.05) is 53.2 Å². The molecule has 1 aromatic rings. The van der Waals surface area contributed by atoms with Gasteiger partial charge in [0, 0.05) is 4.83 Å². The molecule has 0 unspecified atom stereocenters. The van der Waals surface area contributed by atoms with Crippen molar-refractivity contribution in [1.82, 2.24) is 0 Å². The summed E-state index contributed by atoms with van der Waals surface area (Å²) in [7, 11) is 0. The minimum Gasteiger partial charge on any atom is -0.0890 e. The molecule has 1 aromatic carbocycles. The van der Waals surface area contributed by atoms with E-state index in [4.69, 9.17) is 0 Å². The summed E-state index contributed by atoms with van der Waals surface area (Å²) in [6, 6.07) is 10.5. The molecule has 0 spiro atoms. The first kappa shape index (κ1) is 7.80. The molecule has 0 heterocycles. The van der Waals surface area contributed by atoms with Crippen LogP contribution in [0.4, 0.5) is 0 Å². The zero-order valence-electron chi connectivity index (χ0n) is 6.05. The number of rotatable bonds is 2. The Bertz CT molecular complexity index is 179. The molecular weight excluding hydrogens is 188 g/mol. The number of hydrogen-bond donors (Lipinski definition) is 0. The molecule has 1 atom stereocenters. The lowest BCUT2D eigenvalue weighted by Gasteiger charge is -2.01. The first-order valence-electron chi connectivity index (χ1n) is 3.47. The smallest absolute Gasteiger partial charge is 0.0157 e. The third-order valence-corrected chi connectivity index (χ3v) is 1.68. The second-order valence-corrected chi connectivity index (χ2v) is 4.03. The van der Waals surface area contributed by atoms with Crippen molar-refractivity contribution in [2.24, 2.45) is 0 Å². The summed E-state index contributed by atoms with van der Waals surface area (Å²) in [5.74, 6) is 0. The fraction of sp³-hybridized carbons (Fsp3) is 0.333. The van der Waals surface area contributed by atoms with Crippen molar-refractivity contribution < 1.29 is 0 Å². The van der Waals surface area contributed by atoms with Crippen LogP contribution in [0.25, 0.3) is 0 Å². The first-order valence-corrected chi connectivity index (χ1v) is 4.38. The number of benzene rings is 1. The van der Waals surface area contributed by atoms with Crippen molar-refractivity contribution in [3.05, 3.63) is 35.9 Å². The van der Waals surface area contributed by atoms with Crippen LogP contribution in [0.2, 0.25) is 0 Å². The van der Waals surface area contributed by atoms with Gasteiger partial charge in [0.2, 0.25) is 0 Å². The minimum atomic E-state index is 0.579. The fourth-order valence-electron chi connectivity index (χ4n) is 0.939. The van der Waals surface area contributed by atoms with Gasteiger partial charge < -0.3 is 0 Å². The lowest BCUT2D eigenvalue weighted by atomic mass is 10.1. The monoisotopic (exact) mass is 198 g/mol. The van der Waals surface area contributed by atoms with Crippen molar-refractivity contribution in [1.29, 1.82) is 0 Å². The van der Waals surface area contributed by atoms with Crippen LogP contribution in [0.15, 0.2) is 30.3 Å². The highest BCUT2D eigenvalue weighted by Crippen LogP contribution is 2.07. The van der Waals surface area contributed by atoms with E-state index in [9.17, 15) is 0 Å². The van der Waals surface area contributed by atoms with Gasteiger partial charge in [-0.15, -0.1) is 0 Å². The summed E-state index contributed by atoms with van der Waals surface area (Å²) in [6.07, 6.45) is 1.11. The van der Waals surface area contributed by atoms with Gasteiger partial charge in [0.25, 0.3) is 0 Å². The van der Waals surface area contributed by atoms with E-state index in [2.05, 4.69) is 47.1 Å². The largest absolute Gasteiger partial charge is 0.0890 e. The molecule has 0 aliphatic heterocycles. The Kier molecular flexibility index (Phi) is 2.94. The highest BCUT2D eigenvalue weighted by molar-refractivity contribution is 9.09. The van der Waals surface area contributed by atoms with Gasteiger partial charge in [0.1, 0.15) is 0 Å². The lowest BCUT2D eigenvalue weighted by molar-refractivity contribution is 0.960. The van der Waals surface area contributed by atoms with E-state index in [-0.39, 0.29) is 0 Å². The van der Waals surface area contributed by atoms with Crippen molar-refractivity contribution in [3.8, 4) is 0 Å². The van der Waals surface area contributed by atoms with E-state index >= 15 is 0 Å². The molecule has 1 heteroatoms. The number of hydrogen-bond acceptors (Lipinski definition) is 0. The maximum Gasteiger partial charge on any atom is 0.0157 e. The van der Waals surface area contributed by atoms with Crippen LogP contribution in [0.1, 0.15) is 12.5 Å². The van der Waals surface area contributed by atoms with Gasteiger partial charge in [0.15, 0.2) is 0 Å². The Labute approximate surface area is 70.4 Å². The quantitative estimate of drug-likeness (QED) is 0.642. The summed E-state index contributed by atoms with van der Waals surface area (Å²) < 4.78 is 0. The van der Waals surface area contributed by atoms with Crippen LogP contribution >= 0.6 is 15.9 Å². The topological polar surface area (TPSA) is 0 Å². The van der Waals surface area contributed by atoms with E-state index < -0.39 is 0 Å². The molecule has 0 bridgehead atoms. The van der Waals surface area contributed by atoms with E-state index in [1.807, 2.05) is 6.07 Å². The second-order valence-electron chi connectivity index (χ2n) is 2.47. The number of halogens is 1. The summed E-state index contributed by atoms with van der Waals surface area (Å²) in [6.45, 7) is 2.16. The maximum absolute atomic E-state index is 3.51. The van der Waals surface area contributed by atoms with Gasteiger partial charge >= 0.3 is 0 Å². The van der Waals surface area contributed by atoms with Crippen LogP contribution in [-0.4, -0.2) is 4.83 Å². The molecule has 0 amide bonds. The van der Waals surface area contributed by atoms with E-state index in [1.54, 1.807) is 0 Å². The maximum atomic E-state index is 3.51. The van der Waals surface area contributed by atoms with Crippen molar-refractivity contribution >= 4 is 15.9 Å². The zero-order chi connectivity index (χ0) is 7.40. The molecule has 0 radical (unpaired) electrons. The Hall–Kier alpha value is -0.300. The first-order chi connectivity index (χ1) is 4.79. The van der Waals surface area contributed by atoms with Crippen LogP contribution in [-0.2, 0) is 6.42 Å². The van der Waals surface area contributed by atoms with Crippen molar-refractivity contribution in [2.75, 3.05) is 0 Å². The molecule has 0 aliphatic carbocycles. The molecule has 0 aromatic heterocycles. The van der Waals surface area contributed by atoms with Crippen molar-refractivity contribution in [2.45, 2.75) is 18.2 Å². The molecule has 0 nitrogen and oxygen atoms in total. The highest BCUT2D eigenvalue weighted by atomic mass is 79.9. The zero-order valence-corrected chi connectivity index (χ0v) is 7.64. The van der Waals surface area contributed by atoms with E-state index in [0.717, 1.165) is 6.42 Å². The number of alkyl halides is 1. The minimum absolute atomic E-state index is 0.579. The molecule has 1 rings (SSSR count). The SMILES string of the molecule is C[C@H](Br)Cc1ccccc1. The van der Waals surface area contributed by atoms with E-state index in [0.29, 0.717) is 4.83 Å². The average Bonchev–Trinajstić information content (AvgIpc) is 1.88. The molecule has 54 valence electrons. The van der Waals surface area contributed by atoms with Crippen LogP contribution in [0, 0.1) is 0 Å². The second kappa shape index (κ2) is 3.77. The van der Waals surface area contributed by atoms with E-state index in [1.165, 1.54) is 5.56 Å². The summed E-state index contributed by atoms with van der Waals surface area (Å²) in [5.41, 5.74) is 1.40. The van der Waals surface area contributed by atoms with Gasteiger partial charge in [-0.3, -0.25) is 0 Å². The molecule has 0 N–H and O–H groups in total. The van der Waals surface area contributed by atoms with Gasteiger partial charge in [-0.05, 0) is 12.0 Å². The normalized spacial score (nSPS) is 13.0. The molecule has 0 fully saturated rings. The standard InChI is InChI=1S/C9H11Br/c1-8(10)7-9-5-3-2-4-6-9/h2-6,8H,7H2,1H3/t8-/m0/s1. The predicted molar refractivity (Wildman–Crippen MR) is 48.5 cm³/mol. The molecular formula is C9H11Br. The third-order valence-electron chi connectivity index (χ3n) is 1.36. The van der Waals surface area contributed by atoms with Crippen LogP contribution in [0.3, 0.4) is 0 Å². The van der Waals surface area contributed by atoms with Gasteiger partial charge in [-0.2, -0.15) is 0 Å². The van der Waals surface area contributed by atoms with Crippen molar-refractivity contribution in [3.63, 3.8) is 0 Å². The molecule has 0 aliphatic rings.